The monoisotopic (exact) mass is 230 g/mol. The summed E-state index contributed by atoms with van der Waals surface area (Å²) in [5.74, 6) is 0. The number of alkyl halides is 3. The van der Waals surface area contributed by atoms with Crippen LogP contribution in [0.5, 0.6) is 0 Å². The Labute approximate surface area is 91.8 Å². The fourth-order valence-corrected chi connectivity index (χ4v) is 1.80. The molecule has 0 saturated carbocycles. The smallest absolute Gasteiger partial charge is 0.381 e. The molecule has 1 aromatic rings. The van der Waals surface area contributed by atoms with Crippen molar-refractivity contribution < 1.29 is 13.2 Å². The topological polar surface area (TPSA) is 24.1 Å². The number of anilines is 1. The average molecular weight is 230 g/mol. The first-order valence-corrected chi connectivity index (χ1v) is 5.20. The first-order valence-electron chi connectivity index (χ1n) is 5.20. The van der Waals surface area contributed by atoms with E-state index in [-0.39, 0.29) is 6.04 Å². The molecule has 1 fully saturated rings. The van der Waals surface area contributed by atoms with E-state index in [4.69, 9.17) is 0 Å². The molecule has 0 spiro atoms. The zero-order valence-corrected chi connectivity index (χ0v) is 8.64. The maximum atomic E-state index is 12.4. The predicted molar refractivity (Wildman–Crippen MR) is 56.3 cm³/mol. The summed E-state index contributed by atoms with van der Waals surface area (Å²) in [6.07, 6.45) is -3.33. The molecule has 1 aliphatic rings. The molecule has 1 atom stereocenters. The van der Waals surface area contributed by atoms with Crippen LogP contribution >= 0.6 is 0 Å². The van der Waals surface area contributed by atoms with E-state index in [1.54, 1.807) is 6.07 Å². The highest BCUT2D eigenvalue weighted by Crippen LogP contribution is 2.30. The van der Waals surface area contributed by atoms with E-state index in [0.717, 1.165) is 31.6 Å². The van der Waals surface area contributed by atoms with Gasteiger partial charge in [-0.1, -0.05) is 6.07 Å². The quantitative estimate of drug-likeness (QED) is 0.815. The molecule has 1 aliphatic heterocycles. The molecule has 88 valence electrons. The standard InChI is InChI=1S/C11H13F3N2/c12-11(13,14)8-2-1-3-9(6-8)16-10-4-5-15-7-10/h1-3,6,10,15-16H,4-5,7H2. The Balaban J connectivity index is 2.09. The van der Waals surface area contributed by atoms with Gasteiger partial charge in [0.05, 0.1) is 5.56 Å². The van der Waals surface area contributed by atoms with E-state index >= 15 is 0 Å². The Kier molecular flexibility index (Phi) is 3.05. The summed E-state index contributed by atoms with van der Waals surface area (Å²) in [7, 11) is 0. The molecule has 1 aromatic carbocycles. The van der Waals surface area contributed by atoms with Crippen molar-refractivity contribution in [2.75, 3.05) is 18.4 Å². The molecule has 2 nitrogen and oxygen atoms in total. The van der Waals surface area contributed by atoms with E-state index in [1.807, 2.05) is 0 Å². The van der Waals surface area contributed by atoms with E-state index in [2.05, 4.69) is 10.6 Å². The fraction of sp³-hybridized carbons (Fsp3) is 0.455. The Hall–Kier alpha value is -1.23. The van der Waals surface area contributed by atoms with Gasteiger partial charge in [-0.05, 0) is 31.2 Å². The van der Waals surface area contributed by atoms with E-state index < -0.39 is 11.7 Å². The van der Waals surface area contributed by atoms with Gasteiger partial charge in [-0.25, -0.2) is 0 Å². The minimum atomic E-state index is -4.27. The highest BCUT2D eigenvalue weighted by Gasteiger charge is 2.30. The average Bonchev–Trinajstić information content (AvgIpc) is 2.70. The normalized spacial score (nSPS) is 21.1. The second-order valence-corrected chi connectivity index (χ2v) is 3.91. The fourth-order valence-electron chi connectivity index (χ4n) is 1.80. The number of halogens is 3. The lowest BCUT2D eigenvalue weighted by Crippen LogP contribution is -2.22. The summed E-state index contributed by atoms with van der Waals surface area (Å²) in [5.41, 5.74) is -0.0769. The van der Waals surface area contributed by atoms with E-state index in [9.17, 15) is 13.2 Å². The van der Waals surface area contributed by atoms with Crippen molar-refractivity contribution in [3.8, 4) is 0 Å². The summed E-state index contributed by atoms with van der Waals surface area (Å²) in [6.45, 7) is 1.72. The number of rotatable bonds is 2. The molecular weight excluding hydrogens is 217 g/mol. The summed E-state index contributed by atoms with van der Waals surface area (Å²) in [4.78, 5) is 0. The molecule has 0 amide bonds. The molecule has 16 heavy (non-hydrogen) atoms. The lowest BCUT2D eigenvalue weighted by Gasteiger charge is -2.14. The van der Waals surface area contributed by atoms with Gasteiger partial charge in [0.25, 0.3) is 0 Å². The molecule has 1 heterocycles. The largest absolute Gasteiger partial charge is 0.416 e. The molecule has 0 bridgehead atoms. The third-order valence-electron chi connectivity index (χ3n) is 2.62. The van der Waals surface area contributed by atoms with Crippen LogP contribution < -0.4 is 10.6 Å². The first kappa shape index (κ1) is 11.3. The second kappa shape index (κ2) is 4.33. The lowest BCUT2D eigenvalue weighted by atomic mass is 10.1. The minimum Gasteiger partial charge on any atom is -0.381 e. The van der Waals surface area contributed by atoms with Crippen molar-refractivity contribution in [1.29, 1.82) is 0 Å². The van der Waals surface area contributed by atoms with Gasteiger partial charge in [0.2, 0.25) is 0 Å². The maximum Gasteiger partial charge on any atom is 0.416 e. The summed E-state index contributed by atoms with van der Waals surface area (Å²) < 4.78 is 37.3. The van der Waals surface area contributed by atoms with Crippen molar-refractivity contribution in [3.05, 3.63) is 29.8 Å². The van der Waals surface area contributed by atoms with Gasteiger partial charge >= 0.3 is 6.18 Å². The van der Waals surface area contributed by atoms with Crippen LogP contribution in [0, 0.1) is 0 Å². The summed E-state index contributed by atoms with van der Waals surface area (Å²) in [5, 5.41) is 6.24. The maximum absolute atomic E-state index is 12.4. The van der Waals surface area contributed by atoms with Gasteiger partial charge in [0.1, 0.15) is 0 Å². The van der Waals surface area contributed by atoms with E-state index in [0.29, 0.717) is 5.69 Å². The van der Waals surface area contributed by atoms with Gasteiger partial charge in [0.15, 0.2) is 0 Å². The van der Waals surface area contributed by atoms with Gasteiger partial charge < -0.3 is 10.6 Å². The molecule has 1 saturated heterocycles. The molecule has 0 radical (unpaired) electrons. The molecule has 5 heteroatoms. The third kappa shape index (κ3) is 2.66. The van der Waals surface area contributed by atoms with Crippen LogP contribution in [0.2, 0.25) is 0 Å². The van der Waals surface area contributed by atoms with Crippen LogP contribution in [0.25, 0.3) is 0 Å². The SMILES string of the molecule is FC(F)(F)c1cccc(NC2CCNC2)c1. The first-order chi connectivity index (χ1) is 7.55. The van der Waals surface area contributed by atoms with E-state index in [1.165, 1.54) is 6.07 Å². The van der Waals surface area contributed by atoms with Crippen molar-refractivity contribution >= 4 is 5.69 Å². The highest BCUT2D eigenvalue weighted by molar-refractivity contribution is 5.47. The van der Waals surface area contributed by atoms with Gasteiger partial charge in [0, 0.05) is 18.3 Å². The second-order valence-electron chi connectivity index (χ2n) is 3.91. The summed E-state index contributed by atoms with van der Waals surface area (Å²) in [6, 6.07) is 5.54. The van der Waals surface area contributed by atoms with Gasteiger partial charge in [-0.3, -0.25) is 0 Å². The number of hydrogen-bond acceptors (Lipinski definition) is 2. The van der Waals surface area contributed by atoms with Crippen LogP contribution in [-0.4, -0.2) is 19.1 Å². The number of nitrogens with one attached hydrogen (secondary N) is 2. The van der Waals surface area contributed by atoms with Crippen molar-refractivity contribution in [2.24, 2.45) is 0 Å². The Morgan fingerprint density at radius 3 is 2.75 bits per heavy atom. The zero-order chi connectivity index (χ0) is 11.6. The van der Waals surface area contributed by atoms with Crippen LogP contribution in [0.1, 0.15) is 12.0 Å². The van der Waals surface area contributed by atoms with Gasteiger partial charge in [-0.15, -0.1) is 0 Å². The molecule has 0 aliphatic carbocycles. The Morgan fingerprint density at radius 2 is 2.12 bits per heavy atom. The Bertz CT molecular complexity index is 356. The van der Waals surface area contributed by atoms with Crippen LogP contribution in [-0.2, 0) is 6.18 Å². The third-order valence-corrected chi connectivity index (χ3v) is 2.62. The molecule has 0 aromatic heterocycles. The molecule has 1 unspecified atom stereocenters. The van der Waals surface area contributed by atoms with Crippen LogP contribution in [0.3, 0.4) is 0 Å². The van der Waals surface area contributed by atoms with Crippen molar-refractivity contribution in [2.45, 2.75) is 18.6 Å². The molecule has 2 N–H and O–H groups in total. The lowest BCUT2D eigenvalue weighted by molar-refractivity contribution is -0.137. The number of benzene rings is 1. The highest BCUT2D eigenvalue weighted by atomic mass is 19.4. The van der Waals surface area contributed by atoms with Crippen LogP contribution in [0.15, 0.2) is 24.3 Å². The van der Waals surface area contributed by atoms with Crippen molar-refractivity contribution in [3.63, 3.8) is 0 Å². The molecule has 2 rings (SSSR count). The zero-order valence-electron chi connectivity index (χ0n) is 8.64. The van der Waals surface area contributed by atoms with Crippen LogP contribution in [0.4, 0.5) is 18.9 Å². The molecular formula is C11H13F3N2. The Morgan fingerprint density at radius 1 is 1.31 bits per heavy atom. The predicted octanol–water partition coefficient (Wildman–Crippen LogP) is 2.48. The van der Waals surface area contributed by atoms with Crippen molar-refractivity contribution in [1.82, 2.24) is 5.32 Å². The van der Waals surface area contributed by atoms with Gasteiger partial charge in [-0.2, -0.15) is 13.2 Å². The minimum absolute atomic E-state index is 0.225. The number of hydrogen-bond donors (Lipinski definition) is 2. The summed E-state index contributed by atoms with van der Waals surface area (Å²) >= 11 is 0.